The average molecular weight is 357 g/mol. The lowest BCUT2D eigenvalue weighted by Crippen LogP contribution is -2.41. The highest BCUT2D eigenvalue weighted by molar-refractivity contribution is 6.10. The Bertz CT molecular complexity index is 675. The van der Waals surface area contributed by atoms with Crippen molar-refractivity contribution < 1.29 is 4.74 Å². The molecular formula is C21H32N4O. The van der Waals surface area contributed by atoms with Crippen molar-refractivity contribution in [1.82, 2.24) is 10.2 Å². The van der Waals surface area contributed by atoms with E-state index in [9.17, 15) is 0 Å². The molecule has 5 nitrogen and oxygen atoms in total. The molecule has 0 atom stereocenters. The molecule has 3 aliphatic rings. The van der Waals surface area contributed by atoms with Gasteiger partial charge in [0.15, 0.2) is 0 Å². The first-order chi connectivity index (χ1) is 12.8. The Hall–Kier alpha value is -1.59. The van der Waals surface area contributed by atoms with Crippen molar-refractivity contribution in [2.45, 2.75) is 51.0 Å². The number of hydrogen-bond donors (Lipinski definition) is 2. The Morgan fingerprint density at radius 3 is 2.69 bits per heavy atom. The third-order valence-corrected chi connectivity index (χ3v) is 6.28. The van der Waals surface area contributed by atoms with Crippen LogP contribution < -0.4 is 15.4 Å². The van der Waals surface area contributed by atoms with Crippen molar-refractivity contribution >= 4 is 11.5 Å². The summed E-state index contributed by atoms with van der Waals surface area (Å²) in [7, 11) is 1.78. The van der Waals surface area contributed by atoms with Crippen LogP contribution in [0.2, 0.25) is 0 Å². The van der Waals surface area contributed by atoms with E-state index in [1.165, 1.54) is 67.8 Å². The zero-order chi connectivity index (χ0) is 18.0. The van der Waals surface area contributed by atoms with Crippen LogP contribution in [0.3, 0.4) is 0 Å². The molecule has 1 aromatic carbocycles. The number of methoxy groups -OCH3 is 1. The molecule has 142 valence electrons. The first-order valence-electron chi connectivity index (χ1n) is 10.2. The number of hydrogen-bond acceptors (Lipinski definition) is 4. The van der Waals surface area contributed by atoms with E-state index in [1.54, 1.807) is 7.11 Å². The molecule has 0 unspecified atom stereocenters. The number of fused-ring (bicyclic) bond motifs is 2. The summed E-state index contributed by atoms with van der Waals surface area (Å²) in [6.07, 6.45) is 6.39. The third-order valence-electron chi connectivity index (χ3n) is 6.28. The maximum atomic E-state index is 5.74. The zero-order valence-electron chi connectivity index (χ0n) is 16.2. The standard InChI is InChI=1S/C21H32N4O/c1-3-23-20-21(7-6-8-21)17-14-19(26-2)16(13-18(17)24-20)15-22-9-12-25-10-4-5-11-25/h13-14,22H,3-12,15H2,1-2H3,(H,23,24). The quantitative estimate of drug-likeness (QED) is 0.737. The number of anilines is 1. The molecule has 1 aliphatic carbocycles. The highest BCUT2D eigenvalue weighted by Crippen LogP contribution is 2.53. The number of likely N-dealkylation sites (tertiary alicyclic amines) is 1. The predicted molar refractivity (Wildman–Crippen MR) is 108 cm³/mol. The maximum Gasteiger partial charge on any atom is 0.123 e. The van der Waals surface area contributed by atoms with Crippen molar-refractivity contribution in [2.75, 3.05) is 45.2 Å². The van der Waals surface area contributed by atoms with Crippen LogP contribution in [0.15, 0.2) is 17.1 Å². The first-order valence-corrected chi connectivity index (χ1v) is 10.2. The molecule has 1 saturated heterocycles. The van der Waals surface area contributed by atoms with Crippen LogP contribution in [0.25, 0.3) is 0 Å². The molecule has 1 spiro atoms. The summed E-state index contributed by atoms with van der Waals surface area (Å²) in [6, 6.07) is 4.53. The van der Waals surface area contributed by atoms with Gasteiger partial charge in [-0.25, -0.2) is 0 Å². The summed E-state index contributed by atoms with van der Waals surface area (Å²) in [5, 5.41) is 7.21. The fourth-order valence-electron chi connectivity index (χ4n) is 4.68. The van der Waals surface area contributed by atoms with Gasteiger partial charge in [-0.1, -0.05) is 6.42 Å². The second-order valence-electron chi connectivity index (χ2n) is 7.82. The highest BCUT2D eigenvalue weighted by Gasteiger charge is 2.49. The van der Waals surface area contributed by atoms with Crippen molar-refractivity contribution in [3.63, 3.8) is 0 Å². The number of ether oxygens (including phenoxy) is 1. The summed E-state index contributed by atoms with van der Waals surface area (Å²) in [5.74, 6) is 2.17. The van der Waals surface area contributed by atoms with Gasteiger partial charge in [-0.15, -0.1) is 0 Å². The minimum Gasteiger partial charge on any atom is -0.496 e. The first kappa shape index (κ1) is 17.8. The Morgan fingerprint density at radius 1 is 1.23 bits per heavy atom. The summed E-state index contributed by atoms with van der Waals surface area (Å²) in [5.41, 5.74) is 3.97. The van der Waals surface area contributed by atoms with Gasteiger partial charge in [-0.05, 0) is 63.4 Å². The van der Waals surface area contributed by atoms with Gasteiger partial charge >= 0.3 is 0 Å². The molecule has 26 heavy (non-hydrogen) atoms. The average Bonchev–Trinajstić information content (AvgIpc) is 3.22. The van der Waals surface area contributed by atoms with Crippen LogP contribution in [0.1, 0.15) is 50.2 Å². The molecule has 4 rings (SSSR count). The predicted octanol–water partition coefficient (Wildman–Crippen LogP) is 3.15. The molecule has 1 aromatic rings. The molecule has 0 bridgehead atoms. The van der Waals surface area contributed by atoms with E-state index < -0.39 is 0 Å². The third kappa shape index (κ3) is 3.12. The highest BCUT2D eigenvalue weighted by atomic mass is 16.5. The monoisotopic (exact) mass is 356 g/mol. The molecule has 2 fully saturated rings. The summed E-state index contributed by atoms with van der Waals surface area (Å²) >= 11 is 0. The van der Waals surface area contributed by atoms with Crippen molar-refractivity contribution in [2.24, 2.45) is 4.99 Å². The Balaban J connectivity index is 1.47. The fraction of sp³-hybridized carbons (Fsp3) is 0.667. The SMILES string of the molecule is CCN=C1Nc2cc(CNCCN3CCCC3)c(OC)cc2C12CCC2. The largest absolute Gasteiger partial charge is 0.496 e. The second kappa shape index (κ2) is 7.57. The maximum absolute atomic E-state index is 5.74. The lowest BCUT2D eigenvalue weighted by Gasteiger charge is -2.38. The Morgan fingerprint density at radius 2 is 2.04 bits per heavy atom. The van der Waals surface area contributed by atoms with Gasteiger partial charge in [0.25, 0.3) is 0 Å². The van der Waals surface area contributed by atoms with Crippen LogP contribution in [0, 0.1) is 0 Å². The van der Waals surface area contributed by atoms with Gasteiger partial charge in [-0.3, -0.25) is 4.99 Å². The molecule has 2 heterocycles. The van der Waals surface area contributed by atoms with Gasteiger partial charge in [-0.2, -0.15) is 0 Å². The van der Waals surface area contributed by atoms with Crippen LogP contribution in [-0.4, -0.2) is 50.6 Å². The van der Waals surface area contributed by atoms with Gasteiger partial charge in [0.05, 0.1) is 12.5 Å². The van der Waals surface area contributed by atoms with E-state index >= 15 is 0 Å². The second-order valence-corrected chi connectivity index (χ2v) is 7.82. The minimum absolute atomic E-state index is 0.125. The van der Waals surface area contributed by atoms with Crippen LogP contribution >= 0.6 is 0 Å². The van der Waals surface area contributed by atoms with Crippen molar-refractivity contribution in [3.8, 4) is 5.75 Å². The number of aliphatic imine (C=N–C) groups is 1. The van der Waals surface area contributed by atoms with E-state index in [0.29, 0.717) is 0 Å². The van der Waals surface area contributed by atoms with E-state index in [4.69, 9.17) is 9.73 Å². The summed E-state index contributed by atoms with van der Waals surface area (Å²) < 4.78 is 5.74. The van der Waals surface area contributed by atoms with Crippen molar-refractivity contribution in [1.29, 1.82) is 0 Å². The summed E-state index contributed by atoms with van der Waals surface area (Å²) in [6.45, 7) is 8.48. The topological polar surface area (TPSA) is 48.9 Å². The summed E-state index contributed by atoms with van der Waals surface area (Å²) in [4.78, 5) is 7.31. The van der Waals surface area contributed by atoms with E-state index in [1.807, 2.05) is 0 Å². The Kier molecular flexibility index (Phi) is 5.18. The number of nitrogens with one attached hydrogen (secondary N) is 2. The zero-order valence-corrected chi connectivity index (χ0v) is 16.2. The van der Waals surface area contributed by atoms with Crippen LogP contribution in [-0.2, 0) is 12.0 Å². The molecule has 5 heteroatoms. The molecule has 2 aliphatic heterocycles. The molecular weight excluding hydrogens is 324 g/mol. The molecule has 0 aromatic heterocycles. The van der Waals surface area contributed by atoms with Crippen molar-refractivity contribution in [3.05, 3.63) is 23.3 Å². The molecule has 0 amide bonds. The number of rotatable bonds is 7. The van der Waals surface area contributed by atoms with Crippen LogP contribution in [0.4, 0.5) is 5.69 Å². The van der Waals surface area contributed by atoms with Crippen LogP contribution in [0.5, 0.6) is 5.75 Å². The molecule has 1 saturated carbocycles. The number of amidine groups is 1. The molecule has 2 N–H and O–H groups in total. The fourth-order valence-corrected chi connectivity index (χ4v) is 4.68. The van der Waals surface area contributed by atoms with E-state index in [-0.39, 0.29) is 5.41 Å². The van der Waals surface area contributed by atoms with E-state index in [0.717, 1.165) is 31.9 Å². The van der Waals surface area contributed by atoms with Gasteiger partial charge in [0.1, 0.15) is 11.6 Å². The Labute approximate surface area is 157 Å². The van der Waals surface area contributed by atoms with Gasteiger partial charge < -0.3 is 20.3 Å². The lowest BCUT2D eigenvalue weighted by atomic mass is 9.65. The van der Waals surface area contributed by atoms with Gasteiger partial charge in [0, 0.05) is 37.4 Å². The van der Waals surface area contributed by atoms with Gasteiger partial charge in [0.2, 0.25) is 0 Å². The number of nitrogens with zero attached hydrogens (tertiary/aromatic N) is 2. The normalized spacial score (nSPS) is 22.5. The van der Waals surface area contributed by atoms with E-state index in [2.05, 4.69) is 34.6 Å². The smallest absolute Gasteiger partial charge is 0.123 e. The molecule has 0 radical (unpaired) electrons. The number of benzene rings is 1. The lowest BCUT2D eigenvalue weighted by molar-refractivity contribution is 0.334. The minimum atomic E-state index is 0.125.